The summed E-state index contributed by atoms with van der Waals surface area (Å²) < 4.78 is 0. The first-order valence-corrected chi connectivity index (χ1v) is 6.53. The summed E-state index contributed by atoms with van der Waals surface area (Å²) in [5, 5.41) is 11.9. The molecule has 3 fully saturated rings. The lowest BCUT2D eigenvalue weighted by molar-refractivity contribution is -0.136. The van der Waals surface area contributed by atoms with E-state index in [0.29, 0.717) is 0 Å². The van der Waals surface area contributed by atoms with Gasteiger partial charge >= 0.3 is 6.03 Å². The number of imide groups is 1. The van der Waals surface area contributed by atoms with E-state index in [9.17, 15) is 9.59 Å². The maximum Gasteiger partial charge on any atom is 0.325 e. The molecule has 2 heterocycles. The van der Waals surface area contributed by atoms with Crippen LogP contribution in [0.5, 0.6) is 0 Å². The van der Waals surface area contributed by atoms with Crippen LogP contribution in [0, 0.1) is 11.8 Å². The van der Waals surface area contributed by atoms with Crippen molar-refractivity contribution in [3.05, 3.63) is 0 Å². The molecule has 2 saturated heterocycles. The number of aliphatic hydroxyl groups excluding tert-OH is 1. The van der Waals surface area contributed by atoms with Crippen molar-refractivity contribution in [2.24, 2.45) is 11.8 Å². The molecule has 3 aliphatic rings. The number of urea groups is 1. The number of amides is 3. The van der Waals surface area contributed by atoms with Crippen molar-refractivity contribution < 1.29 is 14.7 Å². The summed E-state index contributed by atoms with van der Waals surface area (Å²) in [6.45, 7) is 1.64. The number of piperidine rings is 1. The molecule has 0 radical (unpaired) electrons. The van der Waals surface area contributed by atoms with Gasteiger partial charge in [0.1, 0.15) is 5.54 Å². The number of β-amino-alcohol motifs (C(OH)–C–C–N with tert-alkyl or cyclic N) is 1. The largest absolute Gasteiger partial charge is 0.395 e. The van der Waals surface area contributed by atoms with E-state index >= 15 is 0 Å². The van der Waals surface area contributed by atoms with E-state index in [1.807, 2.05) is 0 Å². The van der Waals surface area contributed by atoms with Crippen molar-refractivity contribution >= 4 is 11.9 Å². The molecule has 6 heteroatoms. The van der Waals surface area contributed by atoms with Crippen LogP contribution in [0.2, 0.25) is 0 Å². The van der Waals surface area contributed by atoms with Crippen LogP contribution >= 0.6 is 0 Å². The molecule has 2 unspecified atom stereocenters. The average Bonchev–Trinajstić information content (AvgIpc) is 2.68. The monoisotopic (exact) mass is 253 g/mol. The number of hydrogen-bond donors (Lipinski definition) is 2. The quantitative estimate of drug-likeness (QED) is 0.635. The lowest BCUT2D eigenvalue weighted by Gasteiger charge is -2.42. The molecule has 0 aromatic carbocycles. The lowest BCUT2D eigenvalue weighted by atomic mass is 9.77. The van der Waals surface area contributed by atoms with Crippen LogP contribution in [0.1, 0.15) is 12.8 Å². The standard InChI is InChI=1S/C12H19N3O3/c1-14-6-8-2-3-9(7-14)12(8)10(17)15(4-5-16)11(18)13-12/h8-9,16H,2-7H2,1H3,(H,13,18). The molecule has 100 valence electrons. The van der Waals surface area contributed by atoms with Gasteiger partial charge in [-0.25, -0.2) is 4.79 Å². The van der Waals surface area contributed by atoms with Crippen molar-refractivity contribution in [2.45, 2.75) is 18.4 Å². The summed E-state index contributed by atoms with van der Waals surface area (Å²) in [5.41, 5.74) is -0.682. The molecule has 2 N–H and O–H groups in total. The van der Waals surface area contributed by atoms with Crippen LogP contribution in [-0.4, -0.2) is 65.7 Å². The zero-order valence-electron chi connectivity index (χ0n) is 10.6. The Labute approximate surface area is 106 Å². The number of aliphatic hydroxyl groups is 1. The van der Waals surface area contributed by atoms with E-state index in [4.69, 9.17) is 5.11 Å². The maximum atomic E-state index is 12.6. The van der Waals surface area contributed by atoms with Gasteiger partial charge in [0.2, 0.25) is 0 Å². The predicted molar refractivity (Wildman–Crippen MR) is 63.8 cm³/mol. The number of hydrogen-bond acceptors (Lipinski definition) is 4. The highest BCUT2D eigenvalue weighted by atomic mass is 16.3. The van der Waals surface area contributed by atoms with E-state index in [1.165, 1.54) is 4.90 Å². The molecular formula is C12H19N3O3. The fourth-order valence-corrected chi connectivity index (χ4v) is 3.96. The molecule has 1 spiro atoms. The highest BCUT2D eigenvalue weighted by molar-refractivity contribution is 6.07. The third-order valence-corrected chi connectivity index (χ3v) is 4.70. The number of carbonyl (C=O) groups is 2. The minimum absolute atomic E-state index is 0.0989. The van der Waals surface area contributed by atoms with Gasteiger partial charge in [-0.1, -0.05) is 0 Å². The Morgan fingerprint density at radius 3 is 2.50 bits per heavy atom. The topological polar surface area (TPSA) is 72.9 Å². The van der Waals surface area contributed by atoms with Crippen LogP contribution in [0.15, 0.2) is 0 Å². The second-order valence-corrected chi connectivity index (χ2v) is 5.67. The molecule has 0 aromatic heterocycles. The van der Waals surface area contributed by atoms with Crippen LogP contribution in [-0.2, 0) is 4.79 Å². The van der Waals surface area contributed by atoms with Gasteiger partial charge in [-0.3, -0.25) is 9.69 Å². The van der Waals surface area contributed by atoms with E-state index in [2.05, 4.69) is 17.3 Å². The fourth-order valence-electron chi connectivity index (χ4n) is 3.96. The van der Waals surface area contributed by atoms with Gasteiger partial charge in [0.15, 0.2) is 0 Å². The Morgan fingerprint density at radius 2 is 1.94 bits per heavy atom. The van der Waals surface area contributed by atoms with Gasteiger partial charge in [0.05, 0.1) is 13.2 Å². The number of nitrogens with zero attached hydrogens (tertiary/aromatic N) is 2. The minimum Gasteiger partial charge on any atom is -0.395 e. The van der Waals surface area contributed by atoms with Crippen LogP contribution in [0.3, 0.4) is 0 Å². The summed E-state index contributed by atoms with van der Waals surface area (Å²) in [6.07, 6.45) is 1.99. The van der Waals surface area contributed by atoms with Gasteiger partial charge in [-0.2, -0.15) is 0 Å². The second kappa shape index (κ2) is 3.93. The van der Waals surface area contributed by atoms with E-state index < -0.39 is 5.54 Å². The Morgan fingerprint density at radius 1 is 1.33 bits per heavy atom. The first-order valence-electron chi connectivity index (χ1n) is 6.53. The Hall–Kier alpha value is -1.14. The zero-order valence-corrected chi connectivity index (χ0v) is 10.6. The minimum atomic E-state index is -0.682. The van der Waals surface area contributed by atoms with Crippen molar-refractivity contribution in [2.75, 3.05) is 33.3 Å². The second-order valence-electron chi connectivity index (χ2n) is 5.67. The lowest BCUT2D eigenvalue weighted by Crippen LogP contribution is -2.62. The zero-order chi connectivity index (χ0) is 12.9. The van der Waals surface area contributed by atoms with Crippen molar-refractivity contribution in [1.82, 2.24) is 15.1 Å². The maximum absolute atomic E-state index is 12.6. The number of rotatable bonds is 2. The third-order valence-electron chi connectivity index (χ3n) is 4.70. The van der Waals surface area contributed by atoms with E-state index in [0.717, 1.165) is 25.9 Å². The SMILES string of the molecule is CN1CC2CCC(C1)C21NC(=O)N(CCO)C1=O. The molecular weight excluding hydrogens is 234 g/mol. The Bertz CT molecular complexity index is 384. The van der Waals surface area contributed by atoms with Crippen molar-refractivity contribution in [3.63, 3.8) is 0 Å². The summed E-state index contributed by atoms with van der Waals surface area (Å²) in [5.74, 6) is 0.296. The normalized spacial score (nSPS) is 39.8. The van der Waals surface area contributed by atoms with E-state index in [-0.39, 0.29) is 36.9 Å². The fraction of sp³-hybridized carbons (Fsp3) is 0.833. The Balaban J connectivity index is 1.93. The van der Waals surface area contributed by atoms with Crippen molar-refractivity contribution in [1.29, 1.82) is 0 Å². The first kappa shape index (κ1) is 11.9. The van der Waals surface area contributed by atoms with Crippen LogP contribution in [0.4, 0.5) is 4.79 Å². The van der Waals surface area contributed by atoms with Gasteiger partial charge in [0, 0.05) is 24.9 Å². The van der Waals surface area contributed by atoms with Crippen molar-refractivity contribution in [3.8, 4) is 0 Å². The first-order chi connectivity index (χ1) is 8.59. The molecule has 1 aliphatic carbocycles. The summed E-state index contributed by atoms with van der Waals surface area (Å²) in [7, 11) is 2.06. The molecule has 2 atom stereocenters. The van der Waals surface area contributed by atoms with Gasteiger partial charge in [-0.05, 0) is 19.9 Å². The van der Waals surface area contributed by atoms with Gasteiger partial charge < -0.3 is 15.3 Å². The number of carbonyl (C=O) groups excluding carboxylic acids is 2. The molecule has 0 aromatic rings. The smallest absolute Gasteiger partial charge is 0.325 e. The molecule has 3 rings (SSSR count). The predicted octanol–water partition coefficient (Wildman–Crippen LogP) is -0.759. The molecule has 1 saturated carbocycles. The van der Waals surface area contributed by atoms with Gasteiger partial charge in [-0.15, -0.1) is 0 Å². The van der Waals surface area contributed by atoms with Crippen LogP contribution < -0.4 is 5.32 Å². The molecule has 3 amide bonds. The number of likely N-dealkylation sites (tertiary alicyclic amines) is 1. The highest BCUT2D eigenvalue weighted by Crippen LogP contribution is 2.47. The molecule has 6 nitrogen and oxygen atoms in total. The Kier molecular flexibility index (Phi) is 2.60. The third kappa shape index (κ3) is 1.36. The summed E-state index contributed by atoms with van der Waals surface area (Å²) in [4.78, 5) is 27.9. The molecule has 2 aliphatic heterocycles. The van der Waals surface area contributed by atoms with E-state index in [1.54, 1.807) is 0 Å². The molecule has 18 heavy (non-hydrogen) atoms. The summed E-state index contributed by atoms with van der Waals surface area (Å²) >= 11 is 0. The summed E-state index contributed by atoms with van der Waals surface area (Å²) in [6, 6.07) is -0.337. The van der Waals surface area contributed by atoms with Crippen LogP contribution in [0.25, 0.3) is 0 Å². The number of nitrogens with one attached hydrogen (secondary N) is 1. The average molecular weight is 253 g/mol. The van der Waals surface area contributed by atoms with Gasteiger partial charge in [0.25, 0.3) is 5.91 Å². The highest BCUT2D eigenvalue weighted by Gasteiger charge is 2.64. The molecule has 2 bridgehead atoms.